The number of phenols is 1. The van der Waals surface area contributed by atoms with E-state index in [2.05, 4.69) is 10.2 Å². The molecule has 2 fully saturated rings. The Balaban J connectivity index is 1.50. The predicted octanol–water partition coefficient (Wildman–Crippen LogP) is 4.66. The average Bonchev–Trinajstić information content (AvgIpc) is 3.09. The first-order valence-corrected chi connectivity index (χ1v) is 11.6. The summed E-state index contributed by atoms with van der Waals surface area (Å²) in [6.07, 6.45) is 1.40. The van der Waals surface area contributed by atoms with Gasteiger partial charge in [0.05, 0.1) is 29.5 Å². The third-order valence-electron chi connectivity index (χ3n) is 5.26. The Morgan fingerprint density at radius 3 is 2.53 bits per heavy atom. The van der Waals surface area contributed by atoms with E-state index in [4.69, 9.17) is 16.3 Å². The highest BCUT2D eigenvalue weighted by atomic mass is 35.5. The number of carbonyl (C=O) groups excluding carboxylic acids is 3. The van der Waals surface area contributed by atoms with Crippen LogP contribution in [0.1, 0.15) is 11.1 Å². The van der Waals surface area contributed by atoms with Crippen LogP contribution in [0.5, 0.6) is 5.75 Å². The van der Waals surface area contributed by atoms with E-state index < -0.39 is 11.1 Å². The Morgan fingerprint density at radius 2 is 1.82 bits per heavy atom. The molecule has 0 spiro atoms. The SMILES string of the molecule is Cc1ccc(N=Nc2ccc(O)c(/C=C3\SC(=O)N(CC(=O)N4CCOCC4)C3=O)c2)cc1Cl. The zero-order valence-corrected chi connectivity index (χ0v) is 19.8. The molecule has 34 heavy (non-hydrogen) atoms. The van der Waals surface area contributed by atoms with Gasteiger partial charge >= 0.3 is 0 Å². The van der Waals surface area contributed by atoms with Crippen molar-refractivity contribution < 1.29 is 24.2 Å². The Bertz CT molecular complexity index is 1210. The third-order valence-corrected chi connectivity index (χ3v) is 6.58. The molecule has 2 aliphatic heterocycles. The van der Waals surface area contributed by atoms with Crippen molar-refractivity contribution in [2.45, 2.75) is 6.92 Å². The quantitative estimate of drug-likeness (QED) is 0.472. The summed E-state index contributed by atoms with van der Waals surface area (Å²) in [5, 5.41) is 18.6. The van der Waals surface area contributed by atoms with E-state index >= 15 is 0 Å². The smallest absolute Gasteiger partial charge is 0.294 e. The van der Waals surface area contributed by atoms with Gasteiger partial charge in [-0.15, -0.1) is 0 Å². The summed E-state index contributed by atoms with van der Waals surface area (Å²) in [7, 11) is 0. The lowest BCUT2D eigenvalue weighted by atomic mass is 10.1. The van der Waals surface area contributed by atoms with Crippen molar-refractivity contribution >= 4 is 57.9 Å². The number of hydrogen-bond donors (Lipinski definition) is 1. The monoisotopic (exact) mass is 500 g/mol. The van der Waals surface area contributed by atoms with Gasteiger partial charge in [0.1, 0.15) is 12.3 Å². The number of azo groups is 1. The molecule has 1 N–H and O–H groups in total. The molecule has 0 unspecified atom stereocenters. The molecular formula is C23H21ClN4O5S. The van der Waals surface area contributed by atoms with E-state index in [1.54, 1.807) is 29.2 Å². The number of benzene rings is 2. The summed E-state index contributed by atoms with van der Waals surface area (Å²) >= 11 is 6.83. The second-order valence-corrected chi connectivity index (χ2v) is 9.04. The standard InChI is InChI=1S/C23H21ClN4O5S/c1-14-2-3-17(12-18(14)24)26-25-16-4-5-19(29)15(10-16)11-20-22(31)28(23(32)34-20)13-21(30)27-6-8-33-9-7-27/h2-5,10-12,29H,6-9,13H2,1H3/b20-11-,26-25?. The number of aromatic hydroxyl groups is 1. The van der Waals surface area contributed by atoms with E-state index in [1.165, 1.54) is 12.1 Å². The van der Waals surface area contributed by atoms with Crippen LogP contribution in [-0.2, 0) is 14.3 Å². The Kier molecular flexibility index (Phi) is 7.30. The number of amides is 3. The normalized spacial score (nSPS) is 17.9. The maximum absolute atomic E-state index is 12.8. The molecule has 0 saturated carbocycles. The highest BCUT2D eigenvalue weighted by Crippen LogP contribution is 2.35. The van der Waals surface area contributed by atoms with E-state index in [1.807, 2.05) is 13.0 Å². The van der Waals surface area contributed by atoms with Crippen molar-refractivity contribution in [3.8, 4) is 5.75 Å². The van der Waals surface area contributed by atoms with E-state index in [-0.39, 0.29) is 23.1 Å². The summed E-state index contributed by atoms with van der Waals surface area (Å²) in [6.45, 7) is 3.26. The lowest BCUT2D eigenvalue weighted by Gasteiger charge is -2.28. The number of ether oxygens (including phenoxy) is 1. The van der Waals surface area contributed by atoms with Gasteiger partial charge in [0.15, 0.2) is 0 Å². The second kappa shape index (κ2) is 10.4. The largest absolute Gasteiger partial charge is 0.507 e. The van der Waals surface area contributed by atoms with Crippen LogP contribution in [0.25, 0.3) is 6.08 Å². The van der Waals surface area contributed by atoms with Gasteiger partial charge in [-0.2, -0.15) is 10.2 Å². The first-order valence-electron chi connectivity index (χ1n) is 10.4. The van der Waals surface area contributed by atoms with Crippen molar-refractivity contribution in [1.82, 2.24) is 9.80 Å². The molecule has 2 saturated heterocycles. The van der Waals surface area contributed by atoms with Gasteiger partial charge < -0.3 is 14.7 Å². The molecule has 9 nitrogen and oxygen atoms in total. The molecule has 0 bridgehead atoms. The number of imide groups is 1. The molecule has 0 aliphatic carbocycles. The lowest BCUT2D eigenvalue weighted by molar-refractivity contribution is -0.139. The van der Waals surface area contributed by atoms with Crippen molar-refractivity contribution in [3.05, 3.63) is 57.5 Å². The first-order chi connectivity index (χ1) is 16.3. The number of hydrogen-bond acceptors (Lipinski definition) is 8. The van der Waals surface area contributed by atoms with Crippen LogP contribution in [0.2, 0.25) is 5.02 Å². The van der Waals surface area contributed by atoms with Crippen LogP contribution < -0.4 is 0 Å². The van der Waals surface area contributed by atoms with Crippen LogP contribution in [0, 0.1) is 6.92 Å². The molecule has 0 aromatic heterocycles. The molecule has 2 aromatic rings. The van der Waals surface area contributed by atoms with Gasteiger partial charge in [0.25, 0.3) is 11.1 Å². The topological polar surface area (TPSA) is 112 Å². The van der Waals surface area contributed by atoms with Crippen molar-refractivity contribution in [1.29, 1.82) is 0 Å². The molecule has 0 radical (unpaired) electrons. The lowest BCUT2D eigenvalue weighted by Crippen LogP contribution is -2.46. The first kappa shape index (κ1) is 23.9. The molecule has 11 heteroatoms. The Hall–Kier alpha value is -3.21. The second-order valence-electron chi connectivity index (χ2n) is 7.64. The summed E-state index contributed by atoms with van der Waals surface area (Å²) in [5.41, 5.74) is 2.22. The van der Waals surface area contributed by atoms with E-state index in [9.17, 15) is 19.5 Å². The average molecular weight is 501 g/mol. The number of carbonyl (C=O) groups is 3. The van der Waals surface area contributed by atoms with Gasteiger partial charge in [-0.05, 0) is 60.7 Å². The van der Waals surface area contributed by atoms with Gasteiger partial charge in [-0.25, -0.2) is 0 Å². The van der Waals surface area contributed by atoms with Crippen LogP contribution in [-0.4, -0.2) is 64.8 Å². The van der Waals surface area contributed by atoms with Crippen molar-refractivity contribution in [2.75, 3.05) is 32.8 Å². The maximum atomic E-state index is 12.8. The highest BCUT2D eigenvalue weighted by Gasteiger charge is 2.37. The molecule has 3 amide bonds. The Morgan fingerprint density at radius 1 is 1.15 bits per heavy atom. The number of phenolic OH excluding ortho intramolecular Hbond substituents is 1. The summed E-state index contributed by atoms with van der Waals surface area (Å²) in [6, 6.07) is 9.84. The number of nitrogens with zero attached hydrogens (tertiary/aromatic N) is 4. The van der Waals surface area contributed by atoms with Crippen molar-refractivity contribution in [3.63, 3.8) is 0 Å². The highest BCUT2D eigenvalue weighted by molar-refractivity contribution is 8.18. The molecule has 0 atom stereocenters. The maximum Gasteiger partial charge on any atom is 0.294 e. The molecule has 2 aliphatic rings. The van der Waals surface area contributed by atoms with Crippen LogP contribution in [0.3, 0.4) is 0 Å². The van der Waals surface area contributed by atoms with Gasteiger partial charge in [0, 0.05) is 23.7 Å². The minimum atomic E-state index is -0.586. The predicted molar refractivity (Wildman–Crippen MR) is 129 cm³/mol. The molecule has 176 valence electrons. The minimum Gasteiger partial charge on any atom is -0.507 e. The summed E-state index contributed by atoms with van der Waals surface area (Å²) in [5.74, 6) is -0.987. The summed E-state index contributed by atoms with van der Waals surface area (Å²) < 4.78 is 5.22. The fraction of sp³-hybridized carbons (Fsp3) is 0.261. The number of aryl methyl sites for hydroxylation is 1. The molecule has 4 rings (SSSR count). The van der Waals surface area contributed by atoms with Crippen LogP contribution in [0.4, 0.5) is 16.2 Å². The van der Waals surface area contributed by atoms with Gasteiger partial charge in [0.2, 0.25) is 5.91 Å². The van der Waals surface area contributed by atoms with Gasteiger partial charge in [-0.3, -0.25) is 19.3 Å². The van der Waals surface area contributed by atoms with Gasteiger partial charge in [-0.1, -0.05) is 17.7 Å². The van der Waals surface area contributed by atoms with Crippen LogP contribution >= 0.6 is 23.4 Å². The third kappa shape index (κ3) is 5.46. The number of morpholine rings is 1. The zero-order valence-electron chi connectivity index (χ0n) is 18.2. The zero-order chi connectivity index (χ0) is 24.2. The minimum absolute atomic E-state index is 0.0893. The molecule has 2 heterocycles. The number of thioether (sulfide) groups is 1. The molecule has 2 aromatic carbocycles. The van der Waals surface area contributed by atoms with E-state index in [0.717, 1.165) is 10.5 Å². The van der Waals surface area contributed by atoms with Crippen LogP contribution in [0.15, 0.2) is 51.5 Å². The molecular weight excluding hydrogens is 480 g/mol. The van der Waals surface area contributed by atoms with Crippen molar-refractivity contribution in [2.24, 2.45) is 10.2 Å². The fourth-order valence-corrected chi connectivity index (χ4v) is 4.31. The Labute approximate surface area is 205 Å². The summed E-state index contributed by atoms with van der Waals surface area (Å²) in [4.78, 5) is 40.2. The van der Waals surface area contributed by atoms with E-state index in [0.29, 0.717) is 60.0 Å². The number of rotatable bonds is 5. The fourth-order valence-electron chi connectivity index (χ4n) is 3.30. The number of halogens is 1.